The van der Waals surface area contributed by atoms with Crippen LogP contribution in [0.4, 0.5) is 5.82 Å². The van der Waals surface area contributed by atoms with Gasteiger partial charge < -0.3 is 10.3 Å². The summed E-state index contributed by atoms with van der Waals surface area (Å²) in [7, 11) is 0. The van der Waals surface area contributed by atoms with Crippen LogP contribution in [0.3, 0.4) is 0 Å². The highest BCUT2D eigenvalue weighted by Gasteiger charge is 2.13. The average Bonchev–Trinajstić information content (AvgIpc) is 2.46. The quantitative estimate of drug-likeness (QED) is 0.537. The van der Waals surface area contributed by atoms with Crippen molar-refractivity contribution in [3.8, 4) is 0 Å². The molecule has 0 spiro atoms. The summed E-state index contributed by atoms with van der Waals surface area (Å²) in [5.41, 5.74) is 5.72. The van der Waals surface area contributed by atoms with Gasteiger partial charge in [0.25, 0.3) is 0 Å². The highest BCUT2D eigenvalue weighted by Crippen LogP contribution is 2.21. The molecule has 0 bridgehead atoms. The number of hydrogen-bond acceptors (Lipinski definition) is 3. The van der Waals surface area contributed by atoms with Crippen molar-refractivity contribution >= 4 is 18.4 Å². The third kappa shape index (κ3) is 1.58. The Kier molecular flexibility index (Phi) is 2.46. The second-order valence-corrected chi connectivity index (χ2v) is 2.99. The number of hydrogen-bond donors (Lipinski definition) is 2. The van der Waals surface area contributed by atoms with Crippen molar-refractivity contribution < 1.29 is 0 Å². The SMILES string of the molecule is C=Nc1c(C(=N)N)ncn1C(C)C. The van der Waals surface area contributed by atoms with E-state index in [-0.39, 0.29) is 11.9 Å². The fourth-order valence-corrected chi connectivity index (χ4v) is 1.08. The molecular formula is C8H13N5. The summed E-state index contributed by atoms with van der Waals surface area (Å²) < 4.78 is 1.82. The van der Waals surface area contributed by atoms with Crippen molar-refractivity contribution in [1.82, 2.24) is 9.55 Å². The van der Waals surface area contributed by atoms with Gasteiger partial charge >= 0.3 is 0 Å². The topological polar surface area (TPSA) is 80.1 Å². The molecule has 5 heteroatoms. The molecule has 1 heterocycles. The van der Waals surface area contributed by atoms with Gasteiger partial charge in [0, 0.05) is 6.04 Å². The number of amidine groups is 1. The zero-order valence-corrected chi connectivity index (χ0v) is 7.78. The van der Waals surface area contributed by atoms with E-state index in [1.165, 1.54) is 0 Å². The lowest BCUT2D eigenvalue weighted by atomic mass is 10.3. The number of rotatable bonds is 3. The number of imidazole rings is 1. The molecule has 70 valence electrons. The predicted octanol–water partition coefficient (Wildman–Crippen LogP) is 1.08. The standard InChI is InChI=1S/C8H13N5/c1-5(2)13-4-12-6(7(9)10)8(13)11-3/h4-5H,3H2,1-2H3,(H3,9,10). The zero-order chi connectivity index (χ0) is 10.0. The van der Waals surface area contributed by atoms with E-state index in [4.69, 9.17) is 11.1 Å². The summed E-state index contributed by atoms with van der Waals surface area (Å²) >= 11 is 0. The number of aromatic nitrogens is 2. The van der Waals surface area contributed by atoms with Crippen LogP contribution >= 0.6 is 0 Å². The minimum atomic E-state index is -0.0817. The summed E-state index contributed by atoms with van der Waals surface area (Å²) in [6, 6.07) is 0.237. The van der Waals surface area contributed by atoms with Crippen LogP contribution < -0.4 is 5.73 Å². The molecule has 1 rings (SSSR count). The third-order valence-corrected chi connectivity index (χ3v) is 1.73. The smallest absolute Gasteiger partial charge is 0.163 e. The van der Waals surface area contributed by atoms with Gasteiger partial charge in [0.2, 0.25) is 0 Å². The Hall–Kier alpha value is -1.65. The van der Waals surface area contributed by atoms with Crippen molar-refractivity contribution in [3.63, 3.8) is 0 Å². The number of nitrogen functional groups attached to an aromatic ring is 1. The van der Waals surface area contributed by atoms with Crippen LogP contribution in [0.15, 0.2) is 11.3 Å². The summed E-state index contributed by atoms with van der Waals surface area (Å²) in [6.45, 7) is 7.43. The second kappa shape index (κ2) is 3.38. The van der Waals surface area contributed by atoms with Crippen molar-refractivity contribution in [2.24, 2.45) is 10.7 Å². The zero-order valence-electron chi connectivity index (χ0n) is 7.78. The van der Waals surface area contributed by atoms with E-state index in [1.54, 1.807) is 6.33 Å². The largest absolute Gasteiger partial charge is 0.382 e. The van der Waals surface area contributed by atoms with Gasteiger partial charge in [-0.1, -0.05) is 0 Å². The molecule has 1 aromatic heterocycles. The lowest BCUT2D eigenvalue weighted by Gasteiger charge is -2.08. The van der Waals surface area contributed by atoms with Gasteiger partial charge in [0.05, 0.1) is 6.33 Å². The molecule has 0 saturated heterocycles. The highest BCUT2D eigenvalue weighted by atomic mass is 15.2. The van der Waals surface area contributed by atoms with E-state index in [0.717, 1.165) is 0 Å². The molecule has 0 radical (unpaired) electrons. The molecule has 0 aliphatic heterocycles. The van der Waals surface area contributed by atoms with E-state index >= 15 is 0 Å². The van der Waals surface area contributed by atoms with Crippen molar-refractivity contribution in [3.05, 3.63) is 12.0 Å². The summed E-state index contributed by atoms with van der Waals surface area (Å²) in [6.07, 6.45) is 1.62. The maximum Gasteiger partial charge on any atom is 0.163 e. The molecule has 1 aromatic rings. The lowest BCUT2D eigenvalue weighted by Crippen LogP contribution is -2.12. The first-order chi connectivity index (χ1) is 6.07. The van der Waals surface area contributed by atoms with E-state index in [1.807, 2.05) is 18.4 Å². The highest BCUT2D eigenvalue weighted by molar-refractivity contribution is 5.97. The third-order valence-electron chi connectivity index (χ3n) is 1.73. The molecule has 0 aliphatic rings. The van der Waals surface area contributed by atoms with Gasteiger partial charge in [-0.3, -0.25) is 5.41 Å². The maximum atomic E-state index is 7.25. The average molecular weight is 179 g/mol. The lowest BCUT2D eigenvalue weighted by molar-refractivity contribution is 0.604. The van der Waals surface area contributed by atoms with Crippen LogP contribution in [-0.2, 0) is 0 Å². The van der Waals surface area contributed by atoms with E-state index in [9.17, 15) is 0 Å². The van der Waals surface area contributed by atoms with Gasteiger partial charge in [-0.05, 0) is 20.6 Å². The molecular weight excluding hydrogens is 166 g/mol. The van der Waals surface area contributed by atoms with E-state index < -0.39 is 0 Å². The Labute approximate surface area is 76.8 Å². The monoisotopic (exact) mass is 179 g/mol. The van der Waals surface area contributed by atoms with Crippen LogP contribution in [-0.4, -0.2) is 22.1 Å². The van der Waals surface area contributed by atoms with Crippen LogP contribution in [0, 0.1) is 5.41 Å². The molecule has 0 unspecified atom stereocenters. The fraction of sp³-hybridized carbons (Fsp3) is 0.375. The Morgan fingerprint density at radius 1 is 1.77 bits per heavy atom. The Balaban J connectivity index is 3.26. The Morgan fingerprint density at radius 2 is 2.38 bits per heavy atom. The predicted molar refractivity (Wildman–Crippen MR) is 52.8 cm³/mol. The normalized spacial score (nSPS) is 10.4. The minimum absolute atomic E-state index is 0.0817. The summed E-state index contributed by atoms with van der Waals surface area (Å²) in [5, 5.41) is 7.25. The van der Waals surface area contributed by atoms with Crippen molar-refractivity contribution in [1.29, 1.82) is 5.41 Å². The molecule has 0 aliphatic carbocycles. The first-order valence-electron chi connectivity index (χ1n) is 3.96. The first-order valence-corrected chi connectivity index (χ1v) is 3.96. The molecule has 0 amide bonds. The van der Waals surface area contributed by atoms with Crippen LogP contribution in [0.5, 0.6) is 0 Å². The van der Waals surface area contributed by atoms with Crippen LogP contribution in [0.1, 0.15) is 25.6 Å². The molecule has 0 atom stereocenters. The fourth-order valence-electron chi connectivity index (χ4n) is 1.08. The van der Waals surface area contributed by atoms with Crippen molar-refractivity contribution in [2.45, 2.75) is 19.9 Å². The molecule has 3 N–H and O–H groups in total. The van der Waals surface area contributed by atoms with Gasteiger partial charge in [0.1, 0.15) is 11.5 Å². The van der Waals surface area contributed by atoms with Gasteiger partial charge in [-0.2, -0.15) is 0 Å². The molecule has 0 aromatic carbocycles. The molecule has 5 nitrogen and oxygen atoms in total. The van der Waals surface area contributed by atoms with Crippen LogP contribution in [0.25, 0.3) is 0 Å². The van der Waals surface area contributed by atoms with Gasteiger partial charge in [-0.15, -0.1) is 0 Å². The molecule has 0 fully saturated rings. The number of aliphatic imine (C=N–C) groups is 1. The molecule has 0 saturated carbocycles. The first kappa shape index (κ1) is 9.44. The second-order valence-electron chi connectivity index (χ2n) is 2.99. The number of nitrogens with zero attached hydrogens (tertiary/aromatic N) is 3. The van der Waals surface area contributed by atoms with E-state index in [0.29, 0.717) is 11.5 Å². The minimum Gasteiger partial charge on any atom is -0.382 e. The number of nitrogens with two attached hydrogens (primary N) is 1. The summed E-state index contributed by atoms with van der Waals surface area (Å²) in [4.78, 5) is 7.79. The van der Waals surface area contributed by atoms with Crippen LogP contribution in [0.2, 0.25) is 0 Å². The van der Waals surface area contributed by atoms with E-state index in [2.05, 4.69) is 16.7 Å². The number of nitrogens with one attached hydrogen (secondary N) is 1. The van der Waals surface area contributed by atoms with Gasteiger partial charge in [-0.25, -0.2) is 9.98 Å². The molecule has 13 heavy (non-hydrogen) atoms. The van der Waals surface area contributed by atoms with Crippen molar-refractivity contribution in [2.75, 3.05) is 0 Å². The Morgan fingerprint density at radius 3 is 2.77 bits per heavy atom. The van der Waals surface area contributed by atoms with Gasteiger partial charge in [0.15, 0.2) is 5.82 Å². The maximum absolute atomic E-state index is 7.25. The summed E-state index contributed by atoms with van der Waals surface area (Å²) in [5.74, 6) is 0.476. The Bertz CT molecular complexity index is 336.